The molecule has 1 heterocycles. The highest BCUT2D eigenvalue weighted by Crippen LogP contribution is 2.21. The van der Waals surface area contributed by atoms with Crippen LogP contribution in [0.25, 0.3) is 0 Å². The Morgan fingerprint density at radius 2 is 1.85 bits per heavy atom. The van der Waals surface area contributed by atoms with Crippen LogP contribution >= 0.6 is 15.9 Å². The first-order valence-electron chi connectivity index (χ1n) is 10.5. The first-order valence-corrected chi connectivity index (χ1v) is 11.3. The predicted molar refractivity (Wildman–Crippen MR) is 132 cm³/mol. The van der Waals surface area contributed by atoms with Crippen molar-refractivity contribution in [3.63, 3.8) is 0 Å². The Kier molecular flexibility index (Phi) is 7.10. The van der Waals surface area contributed by atoms with Crippen molar-refractivity contribution in [1.29, 1.82) is 0 Å². The van der Waals surface area contributed by atoms with E-state index in [0.717, 1.165) is 27.1 Å². The van der Waals surface area contributed by atoms with Gasteiger partial charge in [0.1, 0.15) is 18.1 Å². The molecule has 0 spiro atoms. The summed E-state index contributed by atoms with van der Waals surface area (Å²) in [6, 6.07) is 21.0. The molecule has 168 valence electrons. The zero-order valence-corrected chi connectivity index (χ0v) is 20.0. The highest BCUT2D eigenvalue weighted by molar-refractivity contribution is 9.10. The molecule has 3 aromatic carbocycles. The van der Waals surface area contributed by atoms with Gasteiger partial charge in [0.15, 0.2) is 6.73 Å². The minimum Gasteiger partial charge on any atom is -0.489 e. The molecular weight excluding hydrogens is 482 g/mol. The molecule has 0 aliphatic carbocycles. The SMILES string of the molecule is Cc1ccc(OCc2cccc(C(=O)Nc3cnn(COc4ccc(Br)cc4)c3)c2)c(C)c1. The molecule has 0 unspecified atom stereocenters. The fourth-order valence-electron chi connectivity index (χ4n) is 3.30. The Bertz CT molecular complexity index is 1250. The Labute approximate surface area is 201 Å². The van der Waals surface area contributed by atoms with E-state index in [9.17, 15) is 4.79 Å². The van der Waals surface area contributed by atoms with Gasteiger partial charge in [-0.15, -0.1) is 0 Å². The van der Waals surface area contributed by atoms with E-state index in [0.29, 0.717) is 17.9 Å². The number of nitrogens with zero attached hydrogens (tertiary/aromatic N) is 2. The molecule has 0 saturated heterocycles. The second-order valence-corrected chi connectivity index (χ2v) is 8.62. The van der Waals surface area contributed by atoms with Gasteiger partial charge in [-0.25, -0.2) is 4.68 Å². The fourth-order valence-corrected chi connectivity index (χ4v) is 3.56. The third-order valence-corrected chi connectivity index (χ3v) is 5.51. The summed E-state index contributed by atoms with van der Waals surface area (Å²) < 4.78 is 14.2. The molecule has 0 bridgehead atoms. The zero-order chi connectivity index (χ0) is 23.2. The van der Waals surface area contributed by atoms with Crippen molar-refractivity contribution in [3.8, 4) is 11.5 Å². The first kappa shape index (κ1) is 22.6. The van der Waals surface area contributed by atoms with Crippen molar-refractivity contribution in [2.75, 3.05) is 5.32 Å². The van der Waals surface area contributed by atoms with Crippen LogP contribution in [0.2, 0.25) is 0 Å². The van der Waals surface area contributed by atoms with Crippen LogP contribution in [0.4, 0.5) is 5.69 Å². The zero-order valence-electron chi connectivity index (χ0n) is 18.4. The second-order valence-electron chi connectivity index (χ2n) is 7.71. The van der Waals surface area contributed by atoms with Crippen LogP contribution in [0.15, 0.2) is 83.6 Å². The third-order valence-electron chi connectivity index (χ3n) is 4.98. The van der Waals surface area contributed by atoms with Crippen molar-refractivity contribution in [3.05, 3.63) is 106 Å². The van der Waals surface area contributed by atoms with Crippen molar-refractivity contribution >= 4 is 27.5 Å². The highest BCUT2D eigenvalue weighted by atomic mass is 79.9. The van der Waals surface area contributed by atoms with E-state index in [2.05, 4.69) is 39.3 Å². The van der Waals surface area contributed by atoms with E-state index in [1.807, 2.05) is 61.5 Å². The van der Waals surface area contributed by atoms with Gasteiger partial charge in [-0.3, -0.25) is 4.79 Å². The van der Waals surface area contributed by atoms with Gasteiger partial charge in [0, 0.05) is 10.0 Å². The summed E-state index contributed by atoms with van der Waals surface area (Å²) in [7, 11) is 0. The molecule has 7 heteroatoms. The van der Waals surface area contributed by atoms with Gasteiger partial charge in [0.05, 0.1) is 18.1 Å². The molecule has 0 saturated carbocycles. The number of aryl methyl sites for hydroxylation is 2. The smallest absolute Gasteiger partial charge is 0.255 e. The van der Waals surface area contributed by atoms with Crippen molar-refractivity contribution in [2.45, 2.75) is 27.2 Å². The van der Waals surface area contributed by atoms with Gasteiger partial charge in [0.25, 0.3) is 5.91 Å². The monoisotopic (exact) mass is 505 g/mol. The lowest BCUT2D eigenvalue weighted by Crippen LogP contribution is -2.12. The molecule has 0 fully saturated rings. The first-order chi connectivity index (χ1) is 16.0. The van der Waals surface area contributed by atoms with E-state index < -0.39 is 0 Å². The molecule has 0 radical (unpaired) electrons. The predicted octanol–water partition coefficient (Wildman–Crippen LogP) is 6.13. The molecule has 33 heavy (non-hydrogen) atoms. The largest absolute Gasteiger partial charge is 0.489 e. The average molecular weight is 506 g/mol. The van der Waals surface area contributed by atoms with Gasteiger partial charge < -0.3 is 14.8 Å². The number of anilines is 1. The van der Waals surface area contributed by atoms with Crippen molar-refractivity contribution in [1.82, 2.24) is 9.78 Å². The maximum atomic E-state index is 12.7. The lowest BCUT2D eigenvalue weighted by Gasteiger charge is -2.11. The number of halogens is 1. The number of rotatable bonds is 8. The Hall–Kier alpha value is -3.58. The molecule has 1 N–H and O–H groups in total. The van der Waals surface area contributed by atoms with Crippen LogP contribution in [0, 0.1) is 13.8 Å². The van der Waals surface area contributed by atoms with Crippen LogP contribution in [0.1, 0.15) is 27.0 Å². The Morgan fingerprint density at radius 1 is 1.03 bits per heavy atom. The van der Waals surface area contributed by atoms with Crippen LogP contribution in [-0.2, 0) is 13.3 Å². The van der Waals surface area contributed by atoms with Gasteiger partial charge in [-0.1, -0.05) is 45.8 Å². The quantitative estimate of drug-likeness (QED) is 0.312. The number of benzene rings is 3. The van der Waals surface area contributed by atoms with Crippen LogP contribution in [0.3, 0.4) is 0 Å². The number of hydrogen-bond acceptors (Lipinski definition) is 4. The molecule has 0 aliphatic rings. The Morgan fingerprint density at radius 3 is 2.64 bits per heavy atom. The van der Waals surface area contributed by atoms with Crippen molar-refractivity contribution in [2.24, 2.45) is 0 Å². The highest BCUT2D eigenvalue weighted by Gasteiger charge is 2.09. The maximum absolute atomic E-state index is 12.7. The van der Waals surface area contributed by atoms with Gasteiger partial charge in [0.2, 0.25) is 0 Å². The topological polar surface area (TPSA) is 65.4 Å². The van der Waals surface area contributed by atoms with Gasteiger partial charge in [-0.05, 0) is 67.4 Å². The van der Waals surface area contributed by atoms with E-state index in [1.54, 1.807) is 23.1 Å². The number of nitrogens with one attached hydrogen (secondary N) is 1. The fraction of sp³-hybridized carbons (Fsp3) is 0.154. The normalized spacial score (nSPS) is 10.6. The van der Waals surface area contributed by atoms with Crippen LogP contribution < -0.4 is 14.8 Å². The van der Waals surface area contributed by atoms with E-state index in [4.69, 9.17) is 9.47 Å². The summed E-state index contributed by atoms with van der Waals surface area (Å²) in [6.45, 7) is 4.70. The molecular formula is C26H24BrN3O3. The minimum absolute atomic E-state index is 0.211. The molecule has 4 rings (SSSR count). The summed E-state index contributed by atoms with van der Waals surface area (Å²) in [4.78, 5) is 12.7. The van der Waals surface area contributed by atoms with E-state index in [1.165, 1.54) is 5.56 Å². The van der Waals surface area contributed by atoms with Gasteiger partial charge in [-0.2, -0.15) is 5.10 Å². The summed E-state index contributed by atoms with van der Waals surface area (Å²) in [5, 5.41) is 7.11. The molecule has 1 amide bonds. The number of ether oxygens (including phenoxy) is 2. The third kappa shape index (κ3) is 6.23. The number of carbonyl (C=O) groups excluding carboxylic acids is 1. The maximum Gasteiger partial charge on any atom is 0.255 e. The van der Waals surface area contributed by atoms with Crippen LogP contribution in [-0.4, -0.2) is 15.7 Å². The summed E-state index contributed by atoms with van der Waals surface area (Å²) in [6.07, 6.45) is 3.32. The summed E-state index contributed by atoms with van der Waals surface area (Å²) >= 11 is 3.40. The summed E-state index contributed by atoms with van der Waals surface area (Å²) in [5.41, 5.74) is 4.35. The second kappa shape index (κ2) is 10.4. The molecule has 4 aromatic rings. The molecule has 0 aliphatic heterocycles. The molecule has 0 atom stereocenters. The average Bonchev–Trinajstić information content (AvgIpc) is 3.25. The van der Waals surface area contributed by atoms with E-state index >= 15 is 0 Å². The molecule has 1 aromatic heterocycles. The number of aromatic nitrogens is 2. The molecule has 6 nitrogen and oxygen atoms in total. The number of amides is 1. The number of hydrogen-bond donors (Lipinski definition) is 1. The number of carbonyl (C=O) groups is 1. The van der Waals surface area contributed by atoms with Crippen LogP contribution in [0.5, 0.6) is 11.5 Å². The lowest BCUT2D eigenvalue weighted by molar-refractivity contribution is 0.102. The standard InChI is InChI=1S/C26H24BrN3O3/c1-18-6-11-25(19(2)12-18)32-16-20-4-3-5-21(13-20)26(31)29-23-14-28-30(15-23)17-33-24-9-7-22(27)8-10-24/h3-15H,16-17H2,1-2H3,(H,29,31). The Balaban J connectivity index is 1.33. The minimum atomic E-state index is -0.211. The van der Waals surface area contributed by atoms with E-state index in [-0.39, 0.29) is 12.6 Å². The summed E-state index contributed by atoms with van der Waals surface area (Å²) in [5.74, 6) is 1.36. The van der Waals surface area contributed by atoms with Gasteiger partial charge >= 0.3 is 0 Å². The lowest BCUT2D eigenvalue weighted by atomic mass is 10.1. The van der Waals surface area contributed by atoms with Crippen molar-refractivity contribution < 1.29 is 14.3 Å².